The molecule has 3 aromatic heterocycles. The van der Waals surface area contributed by atoms with Crippen LogP contribution in [0.25, 0.3) is 27.8 Å². The Morgan fingerprint density at radius 2 is 1.81 bits per heavy atom. The maximum absolute atomic E-state index is 5.88. The van der Waals surface area contributed by atoms with Crippen LogP contribution < -0.4 is 10.2 Å². The lowest BCUT2D eigenvalue weighted by atomic mass is 10.1. The molecule has 0 unspecified atom stereocenters. The standard InChI is InChI=1S/C32H40N8O2Si/c1-43(2,3)17-16-41-23-39-20-25(19-34-39)24-4-9-29-30(18-24)40-11-10-33-32(40)31(36-29)35-26-5-7-27(8-6-26)37-12-14-38(15-13-37)28-21-42-22-28/h4-11,18-20,28H,12-17,21-23H2,1-3H3,(H,35,36). The minimum Gasteiger partial charge on any atom is -0.378 e. The molecule has 0 radical (unpaired) electrons. The van der Waals surface area contributed by atoms with Crippen molar-refractivity contribution in [1.82, 2.24) is 29.0 Å². The van der Waals surface area contributed by atoms with Crippen LogP contribution in [0.15, 0.2) is 67.3 Å². The van der Waals surface area contributed by atoms with E-state index >= 15 is 0 Å². The lowest BCUT2D eigenvalue weighted by Gasteiger charge is -2.43. The number of nitrogens with one attached hydrogen (secondary N) is 1. The van der Waals surface area contributed by atoms with Crippen molar-refractivity contribution in [1.29, 1.82) is 0 Å². The molecule has 224 valence electrons. The Balaban J connectivity index is 1.04. The van der Waals surface area contributed by atoms with Crippen LogP contribution in [0, 0.1) is 0 Å². The summed E-state index contributed by atoms with van der Waals surface area (Å²) in [6, 6.07) is 16.7. The van der Waals surface area contributed by atoms with Gasteiger partial charge < -0.3 is 19.7 Å². The zero-order valence-electron chi connectivity index (χ0n) is 25.2. The van der Waals surface area contributed by atoms with Gasteiger partial charge >= 0.3 is 0 Å². The van der Waals surface area contributed by atoms with Gasteiger partial charge in [-0.3, -0.25) is 9.30 Å². The predicted molar refractivity (Wildman–Crippen MR) is 174 cm³/mol. The summed E-state index contributed by atoms with van der Waals surface area (Å²) in [5.74, 6) is 0.734. The van der Waals surface area contributed by atoms with Gasteiger partial charge in [0, 0.05) is 76.4 Å². The van der Waals surface area contributed by atoms with Crippen molar-refractivity contribution in [3.8, 4) is 11.1 Å². The largest absolute Gasteiger partial charge is 0.378 e. The molecule has 0 spiro atoms. The molecular formula is C32H40N8O2Si. The number of hydrogen-bond acceptors (Lipinski definition) is 8. The van der Waals surface area contributed by atoms with E-state index in [0.29, 0.717) is 12.8 Å². The maximum atomic E-state index is 5.88. The van der Waals surface area contributed by atoms with Crippen LogP contribution in [0.3, 0.4) is 0 Å². The number of piperazine rings is 1. The summed E-state index contributed by atoms with van der Waals surface area (Å²) in [6.45, 7) is 14.4. The molecule has 11 heteroatoms. The molecule has 0 bridgehead atoms. The van der Waals surface area contributed by atoms with Crippen molar-refractivity contribution < 1.29 is 9.47 Å². The first-order valence-electron chi connectivity index (χ1n) is 15.2. The van der Waals surface area contributed by atoms with Gasteiger partial charge in [0.25, 0.3) is 0 Å². The molecule has 2 saturated heterocycles. The van der Waals surface area contributed by atoms with E-state index in [4.69, 9.17) is 14.5 Å². The van der Waals surface area contributed by atoms with E-state index in [1.165, 1.54) is 5.69 Å². The number of rotatable bonds is 10. The predicted octanol–water partition coefficient (Wildman–Crippen LogP) is 5.32. The lowest BCUT2D eigenvalue weighted by molar-refractivity contribution is -0.0660. The van der Waals surface area contributed by atoms with Gasteiger partial charge in [-0.15, -0.1) is 0 Å². The molecule has 2 fully saturated rings. The van der Waals surface area contributed by atoms with Gasteiger partial charge in [-0.2, -0.15) is 5.10 Å². The molecule has 1 N–H and O–H groups in total. The first-order chi connectivity index (χ1) is 20.9. The van der Waals surface area contributed by atoms with Crippen LogP contribution in [0.4, 0.5) is 17.2 Å². The number of anilines is 3. The van der Waals surface area contributed by atoms with Gasteiger partial charge in [-0.05, 0) is 48.0 Å². The highest BCUT2D eigenvalue weighted by Gasteiger charge is 2.28. The summed E-state index contributed by atoms with van der Waals surface area (Å²) >= 11 is 0. The average molecular weight is 597 g/mol. The summed E-state index contributed by atoms with van der Waals surface area (Å²) in [7, 11) is -1.10. The normalized spacial score (nSPS) is 16.7. The number of benzene rings is 2. The number of fused-ring (bicyclic) bond motifs is 3. The van der Waals surface area contributed by atoms with Crippen molar-refractivity contribution in [3.05, 3.63) is 67.3 Å². The highest BCUT2D eigenvalue weighted by molar-refractivity contribution is 6.76. The third-order valence-corrected chi connectivity index (χ3v) is 10.2. The first kappa shape index (κ1) is 28.0. The van der Waals surface area contributed by atoms with Crippen molar-refractivity contribution >= 4 is 41.9 Å². The third kappa shape index (κ3) is 6.16. The fourth-order valence-corrected chi connectivity index (χ4v) is 6.47. The van der Waals surface area contributed by atoms with Crippen LogP contribution >= 0.6 is 0 Å². The second-order valence-corrected chi connectivity index (χ2v) is 18.4. The minimum atomic E-state index is -1.10. The molecule has 2 aliphatic rings. The Morgan fingerprint density at radius 1 is 1.00 bits per heavy atom. The Kier molecular flexibility index (Phi) is 7.64. The molecule has 7 rings (SSSR count). The van der Waals surface area contributed by atoms with E-state index < -0.39 is 8.07 Å². The van der Waals surface area contributed by atoms with Gasteiger partial charge in [0.1, 0.15) is 6.73 Å². The van der Waals surface area contributed by atoms with Crippen molar-refractivity contribution in [2.45, 2.75) is 38.5 Å². The quantitative estimate of drug-likeness (QED) is 0.171. The summed E-state index contributed by atoms with van der Waals surface area (Å²) in [5, 5.41) is 8.04. The molecule has 0 aliphatic carbocycles. The zero-order chi connectivity index (χ0) is 29.4. The van der Waals surface area contributed by atoms with Crippen molar-refractivity contribution in [2.24, 2.45) is 0 Å². The topological polar surface area (TPSA) is 85.0 Å². The molecule has 2 aliphatic heterocycles. The highest BCUT2D eigenvalue weighted by atomic mass is 28.3. The molecule has 2 aromatic carbocycles. The first-order valence-corrected chi connectivity index (χ1v) is 18.9. The second-order valence-electron chi connectivity index (χ2n) is 12.8. The van der Waals surface area contributed by atoms with Crippen LogP contribution in [-0.4, -0.2) is 89.2 Å². The molecule has 5 aromatic rings. The van der Waals surface area contributed by atoms with E-state index in [2.05, 4.69) is 91.7 Å². The number of aromatic nitrogens is 5. The molecule has 5 heterocycles. The summed E-state index contributed by atoms with van der Waals surface area (Å²) < 4.78 is 15.2. The molecule has 10 nitrogen and oxygen atoms in total. The van der Waals surface area contributed by atoms with Crippen LogP contribution in [-0.2, 0) is 16.2 Å². The monoisotopic (exact) mass is 596 g/mol. The molecular weight excluding hydrogens is 556 g/mol. The number of imidazole rings is 1. The third-order valence-electron chi connectivity index (χ3n) is 8.45. The van der Waals surface area contributed by atoms with Gasteiger partial charge in [-0.1, -0.05) is 25.7 Å². The SMILES string of the molecule is C[Si](C)(C)CCOCn1cc(-c2ccc3nc(Nc4ccc(N5CCN(C6COC6)CC5)cc4)c4nccn4c3c2)cn1. The van der Waals surface area contributed by atoms with E-state index in [1.54, 1.807) is 0 Å². The summed E-state index contributed by atoms with van der Waals surface area (Å²) in [5.41, 5.74) is 7.04. The Morgan fingerprint density at radius 3 is 2.56 bits per heavy atom. The lowest BCUT2D eigenvalue weighted by Crippen LogP contribution is -2.56. The Labute approximate surface area is 253 Å². The smallest absolute Gasteiger partial charge is 0.180 e. The van der Waals surface area contributed by atoms with Crippen LogP contribution in [0.2, 0.25) is 25.7 Å². The van der Waals surface area contributed by atoms with Crippen LogP contribution in [0.5, 0.6) is 0 Å². The fraction of sp³-hybridized carbons (Fsp3) is 0.406. The Bertz CT molecular complexity index is 1700. The maximum Gasteiger partial charge on any atom is 0.180 e. The van der Waals surface area contributed by atoms with Gasteiger partial charge in [0.05, 0.1) is 36.5 Å². The minimum absolute atomic E-state index is 0.467. The van der Waals surface area contributed by atoms with Gasteiger partial charge in [0.2, 0.25) is 0 Å². The van der Waals surface area contributed by atoms with E-state index in [-0.39, 0.29) is 0 Å². The molecule has 43 heavy (non-hydrogen) atoms. The van der Waals surface area contributed by atoms with Gasteiger partial charge in [-0.25, -0.2) is 14.6 Å². The van der Waals surface area contributed by atoms with E-state index in [9.17, 15) is 0 Å². The van der Waals surface area contributed by atoms with Crippen molar-refractivity contribution in [3.63, 3.8) is 0 Å². The number of nitrogens with zero attached hydrogens (tertiary/aromatic N) is 7. The highest BCUT2D eigenvalue weighted by Crippen LogP contribution is 2.29. The molecule has 0 amide bonds. The van der Waals surface area contributed by atoms with Crippen molar-refractivity contribution in [2.75, 3.05) is 56.2 Å². The van der Waals surface area contributed by atoms with Crippen LogP contribution in [0.1, 0.15) is 0 Å². The summed E-state index contributed by atoms with van der Waals surface area (Å²) in [4.78, 5) is 14.6. The number of hydrogen-bond donors (Lipinski definition) is 1. The average Bonchev–Trinajstić information content (AvgIpc) is 3.66. The zero-order valence-corrected chi connectivity index (χ0v) is 26.2. The molecule has 0 saturated carbocycles. The van der Waals surface area contributed by atoms with E-state index in [0.717, 1.165) is 91.4 Å². The summed E-state index contributed by atoms with van der Waals surface area (Å²) in [6.07, 6.45) is 7.74. The molecule has 0 atom stereocenters. The fourth-order valence-electron chi connectivity index (χ4n) is 5.71. The Hall–Kier alpha value is -3.77. The second kappa shape index (κ2) is 11.7. The van der Waals surface area contributed by atoms with E-state index in [1.807, 2.05) is 29.5 Å². The van der Waals surface area contributed by atoms with Gasteiger partial charge in [0.15, 0.2) is 11.5 Å². The number of ether oxygens (including phenoxy) is 2.